The molecule has 2 aliphatic rings. The van der Waals surface area contributed by atoms with Crippen LogP contribution in [-0.2, 0) is 9.53 Å². The number of carbonyl (C=O) groups is 1. The highest BCUT2D eigenvalue weighted by Gasteiger charge is 2.46. The summed E-state index contributed by atoms with van der Waals surface area (Å²) in [7, 11) is -1.10. The van der Waals surface area contributed by atoms with Crippen molar-refractivity contribution in [2.45, 2.75) is 64.3 Å². The van der Waals surface area contributed by atoms with Gasteiger partial charge in [-0.05, 0) is 56.4 Å². The Hall–Kier alpha value is -0.893. The minimum absolute atomic E-state index is 0.142. The van der Waals surface area contributed by atoms with Crippen molar-refractivity contribution in [3.05, 3.63) is 12.3 Å². The quantitative estimate of drug-likeness (QED) is 0.213. The summed E-state index contributed by atoms with van der Waals surface area (Å²) in [5.41, 5.74) is 12.7. The molecule has 25 heavy (non-hydrogen) atoms. The van der Waals surface area contributed by atoms with E-state index < -0.39 is 14.1 Å². The number of hydrogen-bond donors (Lipinski definition) is 3. The molecule has 0 spiro atoms. The second kappa shape index (κ2) is 8.66. The van der Waals surface area contributed by atoms with Crippen molar-refractivity contribution in [1.29, 1.82) is 0 Å². The van der Waals surface area contributed by atoms with Gasteiger partial charge < -0.3 is 10.5 Å². The average Bonchev–Trinajstić information content (AvgIpc) is 3.39. The molecule has 144 valence electrons. The maximum Gasteiger partial charge on any atom is 0.252 e. The summed E-state index contributed by atoms with van der Waals surface area (Å²) in [5.74, 6) is 1.50. The van der Waals surface area contributed by atoms with Crippen molar-refractivity contribution in [2.24, 2.45) is 23.5 Å². The maximum absolute atomic E-state index is 12.4. The van der Waals surface area contributed by atoms with Crippen LogP contribution in [0.5, 0.6) is 0 Å². The molecule has 0 aliphatic heterocycles. The summed E-state index contributed by atoms with van der Waals surface area (Å²) < 4.78 is 5.72. The lowest BCUT2D eigenvalue weighted by Crippen LogP contribution is -2.56. The zero-order valence-electron chi connectivity index (χ0n) is 16.3. The van der Waals surface area contributed by atoms with Crippen molar-refractivity contribution in [3.8, 4) is 0 Å². The third kappa shape index (κ3) is 7.09. The first kappa shape index (κ1) is 20.4. The molecule has 2 fully saturated rings. The number of hydrazine groups is 2. The van der Waals surface area contributed by atoms with Crippen LogP contribution in [0.25, 0.3) is 0 Å². The number of allylic oxidation sites excluding steroid dienone is 1. The summed E-state index contributed by atoms with van der Waals surface area (Å²) >= 11 is 0. The van der Waals surface area contributed by atoms with E-state index in [4.69, 9.17) is 10.5 Å². The number of rotatable bonds is 12. The SMILES string of the molecule is C=C(C)N(COCC[Si](C)(C)C)NNC(=O)C(N)C(C1CC1)C1CC1. The molecule has 0 aromatic carbocycles. The minimum atomic E-state index is -1.10. The molecule has 7 heteroatoms. The van der Waals surface area contributed by atoms with Crippen LogP contribution in [0.1, 0.15) is 32.6 Å². The Kier molecular flexibility index (Phi) is 7.07. The molecule has 0 aromatic heterocycles. The van der Waals surface area contributed by atoms with Gasteiger partial charge in [0.1, 0.15) is 6.73 Å². The molecule has 0 aromatic rings. The second-order valence-electron chi connectivity index (χ2n) is 8.89. The summed E-state index contributed by atoms with van der Waals surface area (Å²) in [6.07, 6.45) is 4.88. The first-order valence-corrected chi connectivity index (χ1v) is 13.2. The smallest absolute Gasteiger partial charge is 0.252 e. The van der Waals surface area contributed by atoms with Gasteiger partial charge in [-0.1, -0.05) is 26.2 Å². The highest BCUT2D eigenvalue weighted by Crippen LogP contribution is 2.50. The van der Waals surface area contributed by atoms with E-state index in [-0.39, 0.29) is 5.91 Å². The summed E-state index contributed by atoms with van der Waals surface area (Å²) in [6.45, 7) is 13.8. The number of ether oxygens (including phenoxy) is 1. The average molecular weight is 369 g/mol. The first-order chi connectivity index (χ1) is 11.7. The first-order valence-electron chi connectivity index (χ1n) is 9.51. The van der Waals surface area contributed by atoms with Crippen LogP contribution in [0.3, 0.4) is 0 Å². The molecule has 1 amide bonds. The van der Waals surface area contributed by atoms with Crippen LogP contribution >= 0.6 is 0 Å². The van der Waals surface area contributed by atoms with Crippen molar-refractivity contribution >= 4 is 14.0 Å². The molecule has 2 saturated carbocycles. The maximum atomic E-state index is 12.4. The number of nitrogens with one attached hydrogen (secondary N) is 2. The normalized spacial score (nSPS) is 19.0. The Bertz CT molecular complexity index is 460. The van der Waals surface area contributed by atoms with E-state index in [9.17, 15) is 4.79 Å². The molecular formula is C18H36N4O2Si. The fraction of sp³-hybridized carbons (Fsp3) is 0.833. The summed E-state index contributed by atoms with van der Waals surface area (Å²) in [6, 6.07) is 0.672. The predicted molar refractivity (Wildman–Crippen MR) is 104 cm³/mol. The van der Waals surface area contributed by atoms with Crippen LogP contribution in [0.2, 0.25) is 25.7 Å². The predicted octanol–water partition coefficient (Wildman–Crippen LogP) is 2.43. The van der Waals surface area contributed by atoms with E-state index in [0.717, 1.165) is 18.3 Å². The van der Waals surface area contributed by atoms with Gasteiger partial charge >= 0.3 is 0 Å². The Morgan fingerprint density at radius 1 is 1.28 bits per heavy atom. The van der Waals surface area contributed by atoms with Crippen LogP contribution in [-0.4, -0.2) is 38.4 Å². The van der Waals surface area contributed by atoms with Crippen LogP contribution < -0.4 is 16.7 Å². The summed E-state index contributed by atoms with van der Waals surface area (Å²) in [5, 5.41) is 1.71. The van der Waals surface area contributed by atoms with Crippen LogP contribution in [0.4, 0.5) is 0 Å². The van der Waals surface area contributed by atoms with Gasteiger partial charge in [-0.15, -0.1) is 5.53 Å². The molecule has 0 saturated heterocycles. The van der Waals surface area contributed by atoms with Gasteiger partial charge in [0.05, 0.1) is 6.04 Å². The number of carbonyl (C=O) groups excluding carboxylic acids is 1. The molecule has 0 bridgehead atoms. The Labute approximate surface area is 153 Å². The van der Waals surface area contributed by atoms with Crippen molar-refractivity contribution < 1.29 is 9.53 Å². The van der Waals surface area contributed by atoms with Crippen LogP contribution in [0, 0.1) is 17.8 Å². The van der Waals surface area contributed by atoms with E-state index in [2.05, 4.69) is 37.2 Å². The number of nitrogens with zero attached hydrogens (tertiary/aromatic N) is 1. The minimum Gasteiger partial charge on any atom is -0.360 e. The van der Waals surface area contributed by atoms with Gasteiger partial charge in [-0.25, -0.2) is 0 Å². The monoisotopic (exact) mass is 368 g/mol. The van der Waals surface area contributed by atoms with Gasteiger partial charge in [-0.2, -0.15) is 0 Å². The molecule has 0 heterocycles. The van der Waals surface area contributed by atoms with E-state index in [1.165, 1.54) is 25.7 Å². The third-order valence-corrected chi connectivity index (χ3v) is 6.75. The highest BCUT2D eigenvalue weighted by atomic mass is 28.3. The fourth-order valence-electron chi connectivity index (χ4n) is 3.09. The number of amides is 1. The molecule has 6 nitrogen and oxygen atoms in total. The third-order valence-electron chi connectivity index (χ3n) is 5.04. The van der Waals surface area contributed by atoms with Crippen molar-refractivity contribution in [2.75, 3.05) is 13.3 Å². The Morgan fingerprint density at radius 2 is 1.84 bits per heavy atom. The molecule has 4 N–H and O–H groups in total. The Morgan fingerprint density at radius 3 is 2.28 bits per heavy atom. The lowest BCUT2D eigenvalue weighted by Gasteiger charge is -2.28. The molecule has 2 rings (SSSR count). The summed E-state index contributed by atoms with van der Waals surface area (Å²) in [4.78, 5) is 12.4. The van der Waals surface area contributed by atoms with Gasteiger partial charge in [0.25, 0.3) is 5.91 Å². The zero-order valence-corrected chi connectivity index (χ0v) is 17.3. The molecule has 0 radical (unpaired) electrons. The molecule has 1 atom stereocenters. The number of nitrogens with two attached hydrogens (primary N) is 1. The molecule has 1 unspecified atom stereocenters. The van der Waals surface area contributed by atoms with Crippen LogP contribution in [0.15, 0.2) is 12.3 Å². The van der Waals surface area contributed by atoms with E-state index >= 15 is 0 Å². The van der Waals surface area contributed by atoms with Gasteiger partial charge in [0.15, 0.2) is 0 Å². The molecule has 2 aliphatic carbocycles. The standard InChI is InChI=1S/C18H36N4O2Si/c1-13(2)22(12-24-10-11-25(3,4)5)21-20-18(23)17(19)16(14-6-7-14)15-8-9-15/h14-17,21H,1,6-12,19H2,2-5H3,(H,20,23). The Balaban J connectivity index is 1.73. The molecular weight excluding hydrogens is 332 g/mol. The van der Waals surface area contributed by atoms with Crippen molar-refractivity contribution in [1.82, 2.24) is 16.0 Å². The lowest BCUT2D eigenvalue weighted by atomic mass is 9.89. The van der Waals surface area contributed by atoms with E-state index in [1.54, 1.807) is 5.01 Å². The topological polar surface area (TPSA) is 79.6 Å². The largest absolute Gasteiger partial charge is 0.360 e. The lowest BCUT2D eigenvalue weighted by molar-refractivity contribution is -0.127. The van der Waals surface area contributed by atoms with E-state index in [0.29, 0.717) is 24.5 Å². The number of hydrogen-bond acceptors (Lipinski definition) is 5. The zero-order chi connectivity index (χ0) is 18.6. The second-order valence-corrected chi connectivity index (χ2v) is 14.5. The van der Waals surface area contributed by atoms with Gasteiger partial charge in [0.2, 0.25) is 0 Å². The van der Waals surface area contributed by atoms with Gasteiger partial charge in [-0.3, -0.25) is 15.2 Å². The van der Waals surface area contributed by atoms with E-state index in [1.807, 2.05) is 6.92 Å². The highest BCUT2D eigenvalue weighted by molar-refractivity contribution is 6.76. The van der Waals surface area contributed by atoms with Gasteiger partial charge in [0, 0.05) is 20.4 Å². The van der Waals surface area contributed by atoms with Crippen molar-refractivity contribution in [3.63, 3.8) is 0 Å². The fourth-order valence-corrected chi connectivity index (χ4v) is 3.84.